The summed E-state index contributed by atoms with van der Waals surface area (Å²) in [7, 11) is -4.74. The number of phosphoric acid groups is 1. The lowest BCUT2D eigenvalue weighted by Crippen LogP contribution is -2.30. The number of anilines is 1. The van der Waals surface area contributed by atoms with E-state index in [1.54, 1.807) is 34.9 Å². The lowest BCUT2D eigenvalue weighted by molar-refractivity contribution is -0.150. The van der Waals surface area contributed by atoms with E-state index in [9.17, 15) is 14.2 Å². The minimum Gasteiger partial charge on any atom is -0.460 e. The number of hydrogen-bond donors (Lipinski definition) is 3. The number of nitrogens with one attached hydrogen (secondary N) is 1. The Morgan fingerprint density at radius 3 is 2.70 bits per heavy atom. The molecule has 1 aliphatic rings. The Hall–Kier alpha value is -3.22. The van der Waals surface area contributed by atoms with Crippen molar-refractivity contribution in [1.82, 2.24) is 19.5 Å². The van der Waals surface area contributed by atoms with Crippen molar-refractivity contribution in [2.45, 2.75) is 31.8 Å². The summed E-state index contributed by atoms with van der Waals surface area (Å²) in [5.74, 6) is -0.746. The van der Waals surface area contributed by atoms with E-state index in [1.807, 2.05) is 0 Å². The molecule has 1 fully saturated rings. The van der Waals surface area contributed by atoms with Crippen molar-refractivity contribution < 1.29 is 37.9 Å². The van der Waals surface area contributed by atoms with Gasteiger partial charge in [0.1, 0.15) is 24.8 Å². The number of rotatable bonds is 7. The third-order valence-corrected chi connectivity index (χ3v) is 5.33. The summed E-state index contributed by atoms with van der Waals surface area (Å²) in [6.45, 7) is 0.731. The number of hydrogen-bond acceptors (Lipinski definition) is 9. The monoisotopic (exact) mass is 477 g/mol. The van der Waals surface area contributed by atoms with Gasteiger partial charge in [0.2, 0.25) is 0 Å². The predicted octanol–water partition coefficient (Wildman–Crippen LogP) is 1.41. The molecule has 1 aromatic carbocycles. The van der Waals surface area contributed by atoms with E-state index in [4.69, 9.17) is 19.3 Å². The number of phosphoric ester groups is 1. The van der Waals surface area contributed by atoms with Crippen LogP contribution in [0.3, 0.4) is 0 Å². The lowest BCUT2D eigenvalue weighted by atomic mass is 10.2. The van der Waals surface area contributed by atoms with Crippen molar-refractivity contribution in [3.05, 3.63) is 48.5 Å². The molecule has 3 N–H and O–H groups in total. The molecule has 1 saturated heterocycles. The number of ether oxygens (including phenoxy) is 2. The van der Waals surface area contributed by atoms with E-state index in [-0.39, 0.29) is 18.1 Å². The fourth-order valence-electron chi connectivity index (χ4n) is 3.45. The summed E-state index contributed by atoms with van der Waals surface area (Å²) in [6.07, 6.45) is 0.388. The van der Waals surface area contributed by atoms with Gasteiger partial charge in [-0.25, -0.2) is 19.5 Å². The lowest BCUT2D eigenvalue weighted by Gasteiger charge is -2.18. The third-order valence-electron chi connectivity index (χ3n) is 4.84. The number of nitrogens with zero attached hydrogens (tertiary/aromatic N) is 4. The summed E-state index contributed by atoms with van der Waals surface area (Å²) < 4.78 is 28.2. The molecular formula is C19H20N5O8P. The van der Waals surface area contributed by atoms with Gasteiger partial charge in [0.25, 0.3) is 5.91 Å². The quantitative estimate of drug-likeness (QED) is 0.331. The minimum atomic E-state index is -4.74. The van der Waals surface area contributed by atoms with Crippen molar-refractivity contribution in [2.24, 2.45) is 0 Å². The molecule has 3 aromatic rings. The van der Waals surface area contributed by atoms with Gasteiger partial charge >= 0.3 is 13.8 Å². The molecule has 1 aliphatic heterocycles. The smallest absolute Gasteiger partial charge is 0.460 e. The van der Waals surface area contributed by atoms with E-state index in [1.165, 1.54) is 19.6 Å². The molecular weight excluding hydrogens is 457 g/mol. The minimum absolute atomic E-state index is 0.163. The Bertz CT molecular complexity index is 1210. The Labute approximate surface area is 187 Å². The SMILES string of the molecule is CC(=O)O[C@H]1C[C@H](n2cnc3c(NC(=O)c4ccccc4)ncnc32)O[C@@H]1COP(=O)(O)O. The average molecular weight is 477 g/mol. The fourth-order valence-corrected chi connectivity index (χ4v) is 3.79. The number of carbonyl (C=O) groups excluding carboxylic acids is 2. The number of fused-ring (bicyclic) bond motifs is 1. The first-order valence-corrected chi connectivity index (χ1v) is 11.3. The molecule has 0 bridgehead atoms. The maximum absolute atomic E-state index is 12.5. The van der Waals surface area contributed by atoms with Crippen LogP contribution in [0.25, 0.3) is 11.2 Å². The number of imidazole rings is 1. The summed E-state index contributed by atoms with van der Waals surface area (Å²) in [5.41, 5.74) is 1.10. The predicted molar refractivity (Wildman–Crippen MR) is 112 cm³/mol. The van der Waals surface area contributed by atoms with Gasteiger partial charge in [-0.05, 0) is 12.1 Å². The van der Waals surface area contributed by atoms with Crippen LogP contribution in [0.4, 0.5) is 5.82 Å². The third kappa shape index (κ3) is 5.41. The van der Waals surface area contributed by atoms with Gasteiger partial charge in [-0.15, -0.1) is 0 Å². The van der Waals surface area contributed by atoms with E-state index in [0.29, 0.717) is 16.7 Å². The molecule has 0 aliphatic carbocycles. The van der Waals surface area contributed by atoms with Gasteiger partial charge in [-0.1, -0.05) is 18.2 Å². The van der Waals surface area contributed by atoms with Crippen molar-refractivity contribution in [3.63, 3.8) is 0 Å². The Balaban J connectivity index is 1.57. The first kappa shape index (κ1) is 23.0. The van der Waals surface area contributed by atoms with Crippen LogP contribution in [0, 0.1) is 0 Å². The van der Waals surface area contributed by atoms with E-state index in [0.717, 1.165) is 0 Å². The second kappa shape index (κ2) is 9.33. The molecule has 13 nitrogen and oxygen atoms in total. The second-order valence-electron chi connectivity index (χ2n) is 7.17. The highest BCUT2D eigenvalue weighted by Gasteiger charge is 2.40. The van der Waals surface area contributed by atoms with Gasteiger partial charge in [-0.2, -0.15) is 0 Å². The van der Waals surface area contributed by atoms with E-state index >= 15 is 0 Å². The van der Waals surface area contributed by atoms with Crippen LogP contribution in [0.15, 0.2) is 43.0 Å². The number of carbonyl (C=O) groups is 2. The summed E-state index contributed by atoms with van der Waals surface area (Å²) >= 11 is 0. The second-order valence-corrected chi connectivity index (χ2v) is 8.40. The van der Waals surface area contributed by atoms with Gasteiger partial charge in [0, 0.05) is 18.9 Å². The zero-order valence-corrected chi connectivity index (χ0v) is 18.2. The Morgan fingerprint density at radius 1 is 1.24 bits per heavy atom. The number of esters is 1. The normalized spacial score (nSPS) is 20.6. The fraction of sp³-hybridized carbons (Fsp3) is 0.316. The maximum atomic E-state index is 12.5. The molecule has 3 atom stereocenters. The molecule has 33 heavy (non-hydrogen) atoms. The van der Waals surface area contributed by atoms with Gasteiger partial charge in [-0.3, -0.25) is 18.7 Å². The van der Waals surface area contributed by atoms with Crippen LogP contribution in [-0.2, 0) is 23.4 Å². The highest BCUT2D eigenvalue weighted by atomic mass is 31.2. The largest absolute Gasteiger partial charge is 0.469 e. The average Bonchev–Trinajstić information content (AvgIpc) is 3.36. The zero-order valence-electron chi connectivity index (χ0n) is 17.3. The molecule has 14 heteroatoms. The molecule has 1 amide bonds. The Morgan fingerprint density at radius 2 is 2.00 bits per heavy atom. The number of benzene rings is 1. The van der Waals surface area contributed by atoms with Crippen molar-refractivity contribution in [2.75, 3.05) is 11.9 Å². The van der Waals surface area contributed by atoms with Crippen LogP contribution in [0.5, 0.6) is 0 Å². The molecule has 174 valence electrons. The van der Waals surface area contributed by atoms with Crippen LogP contribution >= 0.6 is 7.82 Å². The number of aromatic nitrogens is 4. The molecule has 0 spiro atoms. The van der Waals surface area contributed by atoms with Crippen molar-refractivity contribution in [3.8, 4) is 0 Å². The van der Waals surface area contributed by atoms with E-state index in [2.05, 4.69) is 24.8 Å². The maximum Gasteiger partial charge on any atom is 0.469 e. The molecule has 3 heterocycles. The van der Waals surface area contributed by atoms with Crippen LogP contribution in [-0.4, -0.2) is 60.0 Å². The van der Waals surface area contributed by atoms with Crippen LogP contribution in [0.1, 0.15) is 29.9 Å². The summed E-state index contributed by atoms with van der Waals surface area (Å²) in [5, 5.41) is 2.70. The molecule has 0 radical (unpaired) electrons. The first-order valence-electron chi connectivity index (χ1n) is 9.78. The molecule has 0 saturated carbocycles. The van der Waals surface area contributed by atoms with Gasteiger partial charge in [0.15, 0.2) is 17.0 Å². The van der Waals surface area contributed by atoms with E-state index < -0.39 is 38.8 Å². The van der Waals surface area contributed by atoms with Crippen LogP contribution in [0.2, 0.25) is 0 Å². The molecule has 2 aromatic heterocycles. The summed E-state index contributed by atoms with van der Waals surface area (Å²) in [6, 6.07) is 8.59. The Kier molecular flexibility index (Phi) is 6.49. The van der Waals surface area contributed by atoms with Gasteiger partial charge in [0.05, 0.1) is 12.9 Å². The van der Waals surface area contributed by atoms with Crippen molar-refractivity contribution in [1.29, 1.82) is 0 Å². The highest BCUT2D eigenvalue weighted by Crippen LogP contribution is 2.39. The standard InChI is InChI=1S/C19H20N5O8P/c1-11(25)31-13-7-15(32-14(13)8-30-33(27,28)29)24-10-22-16-17(20-9-21-18(16)24)23-19(26)12-5-3-2-4-6-12/h2-6,9-10,13-15H,7-8H2,1H3,(H2,27,28,29)(H,20,21,23,26)/t13-,14+,15+/m0/s1. The first-order chi connectivity index (χ1) is 15.7. The molecule has 0 unspecified atom stereocenters. The number of amides is 1. The topological polar surface area (TPSA) is 175 Å². The van der Waals surface area contributed by atoms with Crippen LogP contribution < -0.4 is 5.32 Å². The highest BCUT2D eigenvalue weighted by molar-refractivity contribution is 7.46. The summed E-state index contributed by atoms with van der Waals surface area (Å²) in [4.78, 5) is 54.5. The van der Waals surface area contributed by atoms with Crippen molar-refractivity contribution >= 4 is 36.7 Å². The van der Waals surface area contributed by atoms with Gasteiger partial charge < -0.3 is 24.6 Å². The molecule has 4 rings (SSSR count). The zero-order chi connectivity index (χ0) is 23.6.